The first kappa shape index (κ1) is 20.9. The van der Waals surface area contributed by atoms with Crippen molar-refractivity contribution >= 4 is 34.4 Å². The molecular formula is C25H29ClN6O. The first-order valence-corrected chi connectivity index (χ1v) is 12.6. The second kappa shape index (κ2) is 8.60. The summed E-state index contributed by atoms with van der Waals surface area (Å²) < 4.78 is 1.85. The number of para-hydroxylation sites is 1. The number of halogens is 1. The number of benzene rings is 1. The molecule has 3 heterocycles. The van der Waals surface area contributed by atoms with Gasteiger partial charge in [0.25, 0.3) is 0 Å². The summed E-state index contributed by atoms with van der Waals surface area (Å²) in [6, 6.07) is 7.74. The monoisotopic (exact) mass is 464 g/mol. The zero-order chi connectivity index (χ0) is 22.4. The SMILES string of the molecule is O=C(C1CC1)N1CCN(c2nc(C3CCCCC3)nc3c2cnn3-c2ccccc2Cl)CC1. The van der Waals surface area contributed by atoms with Crippen molar-refractivity contribution in [1.82, 2.24) is 24.6 Å². The van der Waals surface area contributed by atoms with Gasteiger partial charge in [-0.25, -0.2) is 14.6 Å². The number of hydrogen-bond acceptors (Lipinski definition) is 5. The third kappa shape index (κ3) is 3.97. The minimum absolute atomic E-state index is 0.272. The largest absolute Gasteiger partial charge is 0.352 e. The maximum absolute atomic E-state index is 12.5. The number of carbonyl (C=O) groups excluding carboxylic acids is 1. The van der Waals surface area contributed by atoms with Crippen molar-refractivity contribution in [3.63, 3.8) is 0 Å². The van der Waals surface area contributed by atoms with Crippen LogP contribution in [0.4, 0.5) is 5.82 Å². The first-order valence-electron chi connectivity index (χ1n) is 12.2. The van der Waals surface area contributed by atoms with Crippen LogP contribution in [0.15, 0.2) is 30.5 Å². The Bertz CT molecular complexity index is 1170. The highest BCUT2D eigenvalue weighted by Crippen LogP contribution is 2.36. The van der Waals surface area contributed by atoms with Crippen molar-refractivity contribution in [2.75, 3.05) is 31.1 Å². The van der Waals surface area contributed by atoms with E-state index in [1.54, 1.807) is 0 Å². The van der Waals surface area contributed by atoms with E-state index in [0.717, 1.165) is 80.2 Å². The van der Waals surface area contributed by atoms with Gasteiger partial charge in [-0.3, -0.25) is 4.79 Å². The summed E-state index contributed by atoms with van der Waals surface area (Å²) in [5.74, 6) is 2.85. The topological polar surface area (TPSA) is 67.2 Å². The Labute approximate surface area is 198 Å². The molecule has 6 rings (SSSR count). The van der Waals surface area contributed by atoms with Crippen LogP contribution < -0.4 is 4.90 Å². The van der Waals surface area contributed by atoms with E-state index in [9.17, 15) is 4.79 Å². The molecule has 0 atom stereocenters. The van der Waals surface area contributed by atoms with E-state index < -0.39 is 0 Å². The van der Waals surface area contributed by atoms with Gasteiger partial charge < -0.3 is 9.80 Å². The predicted octanol–water partition coefficient (Wildman–Crippen LogP) is 4.58. The van der Waals surface area contributed by atoms with Gasteiger partial charge in [0.05, 0.1) is 22.3 Å². The Balaban J connectivity index is 1.39. The van der Waals surface area contributed by atoms with Crippen LogP contribution in [0.3, 0.4) is 0 Å². The van der Waals surface area contributed by atoms with E-state index in [1.807, 2.05) is 40.0 Å². The minimum atomic E-state index is 0.272. The van der Waals surface area contributed by atoms with E-state index in [1.165, 1.54) is 19.3 Å². The van der Waals surface area contributed by atoms with Crippen molar-refractivity contribution in [2.45, 2.75) is 50.9 Å². The van der Waals surface area contributed by atoms with E-state index in [0.29, 0.717) is 16.8 Å². The first-order chi connectivity index (χ1) is 16.2. The maximum Gasteiger partial charge on any atom is 0.225 e. The minimum Gasteiger partial charge on any atom is -0.352 e. The smallest absolute Gasteiger partial charge is 0.225 e. The van der Waals surface area contributed by atoms with E-state index >= 15 is 0 Å². The van der Waals surface area contributed by atoms with E-state index in [4.69, 9.17) is 21.6 Å². The molecule has 0 spiro atoms. The van der Waals surface area contributed by atoms with Crippen LogP contribution >= 0.6 is 11.6 Å². The van der Waals surface area contributed by atoms with Gasteiger partial charge in [0, 0.05) is 38.0 Å². The molecule has 2 aromatic heterocycles. The number of fused-ring (bicyclic) bond motifs is 1. The van der Waals surface area contributed by atoms with E-state index in [-0.39, 0.29) is 5.92 Å². The molecule has 1 amide bonds. The Morgan fingerprint density at radius 3 is 2.42 bits per heavy atom. The van der Waals surface area contributed by atoms with Gasteiger partial charge in [0.1, 0.15) is 11.6 Å². The van der Waals surface area contributed by atoms with Crippen molar-refractivity contribution in [3.05, 3.63) is 41.3 Å². The molecule has 2 aliphatic carbocycles. The molecule has 2 saturated carbocycles. The normalized spacial score (nSPS) is 19.9. The summed E-state index contributed by atoms with van der Waals surface area (Å²) >= 11 is 6.52. The Hall–Kier alpha value is -2.67. The Kier molecular flexibility index (Phi) is 5.45. The average molecular weight is 465 g/mol. The zero-order valence-electron chi connectivity index (χ0n) is 18.8. The second-order valence-electron chi connectivity index (χ2n) is 9.57. The standard InChI is InChI=1S/C25H29ClN6O/c26-20-8-4-5-9-21(20)32-24-19(16-27-32)23(28-22(29-24)17-6-2-1-3-7-17)30-12-14-31(15-13-30)25(33)18-10-11-18/h4-5,8-9,16-18H,1-3,6-7,10-15H2. The third-order valence-corrected chi connectivity index (χ3v) is 7.61. The van der Waals surface area contributed by atoms with Crippen molar-refractivity contribution < 1.29 is 4.79 Å². The molecule has 0 radical (unpaired) electrons. The lowest BCUT2D eigenvalue weighted by Crippen LogP contribution is -2.49. The van der Waals surface area contributed by atoms with Gasteiger partial charge in [-0.05, 0) is 37.8 Å². The van der Waals surface area contributed by atoms with Gasteiger partial charge in [-0.1, -0.05) is 43.0 Å². The molecule has 0 N–H and O–H groups in total. The fraction of sp³-hybridized carbons (Fsp3) is 0.520. The summed E-state index contributed by atoms with van der Waals surface area (Å²) in [7, 11) is 0. The third-order valence-electron chi connectivity index (χ3n) is 7.29. The van der Waals surface area contributed by atoms with Gasteiger partial charge in [0.2, 0.25) is 5.91 Å². The van der Waals surface area contributed by atoms with Gasteiger partial charge in [0.15, 0.2) is 5.65 Å². The molecule has 33 heavy (non-hydrogen) atoms. The lowest BCUT2D eigenvalue weighted by Gasteiger charge is -2.36. The van der Waals surface area contributed by atoms with E-state index in [2.05, 4.69) is 10.00 Å². The predicted molar refractivity (Wildman–Crippen MR) is 129 cm³/mol. The van der Waals surface area contributed by atoms with Gasteiger partial charge >= 0.3 is 0 Å². The zero-order valence-corrected chi connectivity index (χ0v) is 19.5. The molecule has 3 aliphatic rings. The maximum atomic E-state index is 12.5. The molecule has 172 valence electrons. The van der Waals surface area contributed by atoms with Crippen LogP contribution in [-0.2, 0) is 4.79 Å². The fourth-order valence-corrected chi connectivity index (χ4v) is 5.44. The van der Waals surface area contributed by atoms with Crippen molar-refractivity contribution in [2.24, 2.45) is 5.92 Å². The number of carbonyl (C=O) groups is 1. The highest BCUT2D eigenvalue weighted by atomic mass is 35.5. The summed E-state index contributed by atoms with van der Waals surface area (Å²) in [6.07, 6.45) is 9.99. The van der Waals surface area contributed by atoms with Crippen LogP contribution in [-0.4, -0.2) is 56.7 Å². The lowest BCUT2D eigenvalue weighted by molar-refractivity contribution is -0.132. The number of aromatic nitrogens is 4. The van der Waals surface area contributed by atoms with Crippen LogP contribution in [0.1, 0.15) is 56.7 Å². The number of anilines is 1. The van der Waals surface area contributed by atoms with Gasteiger partial charge in [-0.2, -0.15) is 5.10 Å². The molecule has 3 fully saturated rings. The number of hydrogen-bond donors (Lipinski definition) is 0. The van der Waals surface area contributed by atoms with Crippen LogP contribution in [0, 0.1) is 5.92 Å². The molecule has 7 nitrogen and oxygen atoms in total. The average Bonchev–Trinajstić information content (AvgIpc) is 3.63. The van der Waals surface area contributed by atoms with Crippen LogP contribution in [0.25, 0.3) is 16.7 Å². The van der Waals surface area contributed by atoms with Crippen LogP contribution in [0.5, 0.6) is 0 Å². The van der Waals surface area contributed by atoms with Crippen LogP contribution in [0.2, 0.25) is 5.02 Å². The summed E-state index contributed by atoms with van der Waals surface area (Å²) in [5.41, 5.74) is 1.64. The quantitative estimate of drug-likeness (QED) is 0.565. The van der Waals surface area contributed by atoms with Crippen molar-refractivity contribution in [1.29, 1.82) is 0 Å². The number of nitrogens with zero attached hydrogens (tertiary/aromatic N) is 6. The Morgan fingerprint density at radius 1 is 0.939 bits per heavy atom. The molecule has 1 aromatic carbocycles. The summed E-state index contributed by atoms with van der Waals surface area (Å²) in [4.78, 5) is 27.0. The molecule has 3 aromatic rings. The highest BCUT2D eigenvalue weighted by Gasteiger charge is 2.35. The second-order valence-corrected chi connectivity index (χ2v) is 9.98. The molecular weight excluding hydrogens is 436 g/mol. The molecule has 0 unspecified atom stereocenters. The molecule has 0 bridgehead atoms. The Morgan fingerprint density at radius 2 is 1.70 bits per heavy atom. The molecule has 1 saturated heterocycles. The highest BCUT2D eigenvalue weighted by molar-refractivity contribution is 6.32. The lowest BCUT2D eigenvalue weighted by atomic mass is 9.88. The summed E-state index contributed by atoms with van der Waals surface area (Å²) in [6.45, 7) is 3.06. The number of amides is 1. The van der Waals surface area contributed by atoms with Crippen molar-refractivity contribution in [3.8, 4) is 5.69 Å². The van der Waals surface area contributed by atoms with Gasteiger partial charge in [-0.15, -0.1) is 0 Å². The summed E-state index contributed by atoms with van der Waals surface area (Å²) in [5, 5.41) is 6.27. The molecule has 8 heteroatoms. The number of rotatable bonds is 4. The number of piperazine rings is 1. The fourth-order valence-electron chi connectivity index (χ4n) is 5.22. The molecule has 1 aliphatic heterocycles.